The predicted octanol–water partition coefficient (Wildman–Crippen LogP) is 2.66. The van der Waals surface area contributed by atoms with Crippen LogP contribution in [0.25, 0.3) is 0 Å². The van der Waals surface area contributed by atoms with Crippen LogP contribution in [0.1, 0.15) is 45.6 Å². The van der Waals surface area contributed by atoms with Gasteiger partial charge in [-0.2, -0.15) is 0 Å². The first kappa shape index (κ1) is 18.4. The minimum atomic E-state index is -0.646. The van der Waals surface area contributed by atoms with Crippen molar-refractivity contribution >= 4 is 11.8 Å². The highest BCUT2D eigenvalue weighted by Gasteiger charge is 2.24. The maximum absolute atomic E-state index is 12.4. The first-order valence-electron chi connectivity index (χ1n) is 8.09. The zero-order valence-corrected chi connectivity index (χ0v) is 13.8. The van der Waals surface area contributed by atoms with Gasteiger partial charge >= 0.3 is 0 Å². The number of unbranched alkanes of at least 4 members (excludes halogenated alkanes) is 1. The summed E-state index contributed by atoms with van der Waals surface area (Å²) in [6.07, 6.45) is 3.42. The smallest absolute Gasteiger partial charge is 0.243 e. The number of carbonyl (C=O) groups excluding carboxylic acids is 2. The van der Waals surface area contributed by atoms with E-state index in [0.29, 0.717) is 6.42 Å². The Morgan fingerprint density at radius 2 is 1.77 bits per heavy atom. The molecule has 0 aliphatic rings. The molecule has 0 saturated heterocycles. The molecule has 1 aromatic carbocycles. The number of imide groups is 1. The van der Waals surface area contributed by atoms with Gasteiger partial charge in [-0.3, -0.25) is 14.9 Å². The van der Waals surface area contributed by atoms with Crippen LogP contribution >= 0.6 is 0 Å². The highest BCUT2D eigenvalue weighted by molar-refractivity contribution is 5.98. The highest BCUT2D eigenvalue weighted by atomic mass is 16.2. The van der Waals surface area contributed by atoms with E-state index in [0.717, 1.165) is 24.8 Å². The van der Waals surface area contributed by atoms with Crippen molar-refractivity contribution in [2.24, 2.45) is 17.6 Å². The SMILES string of the molecule is CCCCC(Cc1ccccc1)C(=O)NC(=O)[C@H](N)C(C)C. The molecule has 22 heavy (non-hydrogen) atoms. The lowest BCUT2D eigenvalue weighted by molar-refractivity contribution is -0.134. The molecule has 2 amide bonds. The number of amides is 2. The van der Waals surface area contributed by atoms with Crippen LogP contribution in [0.3, 0.4) is 0 Å². The summed E-state index contributed by atoms with van der Waals surface area (Å²) in [4.78, 5) is 24.4. The molecule has 1 rings (SSSR count). The summed E-state index contributed by atoms with van der Waals surface area (Å²) in [6, 6.07) is 9.25. The third kappa shape index (κ3) is 5.98. The standard InChI is InChI=1S/C18H28N2O2/c1-4-5-11-15(12-14-9-7-6-8-10-14)17(21)20-18(22)16(19)13(2)3/h6-10,13,15-16H,4-5,11-12,19H2,1-3H3,(H,20,21,22)/t15?,16-/m1/s1. The van der Waals surface area contributed by atoms with E-state index in [9.17, 15) is 9.59 Å². The number of hydrogen-bond acceptors (Lipinski definition) is 3. The molecule has 2 atom stereocenters. The lowest BCUT2D eigenvalue weighted by Gasteiger charge is -2.19. The van der Waals surface area contributed by atoms with Crippen molar-refractivity contribution < 1.29 is 9.59 Å². The van der Waals surface area contributed by atoms with Gasteiger partial charge in [0.2, 0.25) is 11.8 Å². The lowest BCUT2D eigenvalue weighted by atomic mass is 9.93. The number of benzene rings is 1. The minimum Gasteiger partial charge on any atom is -0.320 e. The van der Waals surface area contributed by atoms with Crippen LogP contribution < -0.4 is 11.1 Å². The number of nitrogens with one attached hydrogen (secondary N) is 1. The van der Waals surface area contributed by atoms with E-state index in [1.807, 2.05) is 44.2 Å². The Morgan fingerprint density at radius 1 is 1.14 bits per heavy atom. The average Bonchev–Trinajstić information content (AvgIpc) is 2.51. The third-order valence-electron chi connectivity index (χ3n) is 3.87. The van der Waals surface area contributed by atoms with Crippen molar-refractivity contribution in [2.45, 2.75) is 52.5 Å². The van der Waals surface area contributed by atoms with Crippen molar-refractivity contribution in [1.29, 1.82) is 0 Å². The monoisotopic (exact) mass is 304 g/mol. The third-order valence-corrected chi connectivity index (χ3v) is 3.87. The van der Waals surface area contributed by atoms with E-state index in [2.05, 4.69) is 12.2 Å². The summed E-state index contributed by atoms with van der Waals surface area (Å²) in [5, 5.41) is 2.49. The Morgan fingerprint density at radius 3 is 2.32 bits per heavy atom. The number of nitrogens with two attached hydrogens (primary N) is 1. The van der Waals surface area contributed by atoms with E-state index < -0.39 is 6.04 Å². The molecule has 0 aliphatic heterocycles. The van der Waals surface area contributed by atoms with Gasteiger partial charge in [0.05, 0.1) is 6.04 Å². The Kier molecular flexibility index (Phi) is 7.82. The highest BCUT2D eigenvalue weighted by Crippen LogP contribution is 2.16. The molecule has 4 heteroatoms. The summed E-state index contributed by atoms with van der Waals surface area (Å²) in [7, 11) is 0. The summed E-state index contributed by atoms with van der Waals surface area (Å²) < 4.78 is 0. The molecular formula is C18H28N2O2. The Hall–Kier alpha value is -1.68. The molecule has 0 saturated carbocycles. The summed E-state index contributed by atoms with van der Waals surface area (Å²) in [6.45, 7) is 5.83. The summed E-state index contributed by atoms with van der Waals surface area (Å²) in [5.74, 6) is -0.769. The molecule has 3 N–H and O–H groups in total. The normalized spacial score (nSPS) is 13.7. The second-order valence-corrected chi connectivity index (χ2v) is 6.15. The topological polar surface area (TPSA) is 72.2 Å². The van der Waals surface area contributed by atoms with Gasteiger partial charge in [-0.25, -0.2) is 0 Å². The second-order valence-electron chi connectivity index (χ2n) is 6.15. The zero-order chi connectivity index (χ0) is 16.5. The van der Waals surface area contributed by atoms with Crippen molar-refractivity contribution in [1.82, 2.24) is 5.32 Å². The molecule has 1 aromatic rings. The molecule has 4 nitrogen and oxygen atoms in total. The van der Waals surface area contributed by atoms with Crippen LogP contribution in [0.15, 0.2) is 30.3 Å². The molecule has 0 radical (unpaired) electrons. The van der Waals surface area contributed by atoms with Gasteiger partial charge in [0.25, 0.3) is 0 Å². The molecular weight excluding hydrogens is 276 g/mol. The van der Waals surface area contributed by atoms with Crippen molar-refractivity contribution in [3.63, 3.8) is 0 Å². The van der Waals surface area contributed by atoms with Gasteiger partial charge in [-0.15, -0.1) is 0 Å². The fourth-order valence-electron chi connectivity index (χ4n) is 2.28. The summed E-state index contributed by atoms with van der Waals surface area (Å²) in [5.41, 5.74) is 6.91. The van der Waals surface area contributed by atoms with Crippen LogP contribution in [-0.4, -0.2) is 17.9 Å². The number of rotatable bonds is 8. The predicted molar refractivity (Wildman–Crippen MR) is 89.1 cm³/mol. The molecule has 0 aromatic heterocycles. The fraction of sp³-hybridized carbons (Fsp3) is 0.556. The maximum atomic E-state index is 12.4. The van der Waals surface area contributed by atoms with E-state index >= 15 is 0 Å². The molecule has 0 heterocycles. The quantitative estimate of drug-likeness (QED) is 0.775. The minimum absolute atomic E-state index is 0.0102. The Bertz CT molecular complexity index is 471. The van der Waals surface area contributed by atoms with Gasteiger partial charge in [-0.1, -0.05) is 63.9 Å². The van der Waals surface area contributed by atoms with Crippen LogP contribution in [0.5, 0.6) is 0 Å². The van der Waals surface area contributed by atoms with E-state index in [1.54, 1.807) is 0 Å². The van der Waals surface area contributed by atoms with Crippen LogP contribution in [0.4, 0.5) is 0 Å². The average molecular weight is 304 g/mol. The Labute approximate surface area is 133 Å². The first-order valence-corrected chi connectivity index (χ1v) is 8.09. The van der Waals surface area contributed by atoms with Gasteiger partial charge in [0.1, 0.15) is 0 Å². The van der Waals surface area contributed by atoms with E-state index in [1.165, 1.54) is 0 Å². The van der Waals surface area contributed by atoms with Crippen molar-refractivity contribution in [2.75, 3.05) is 0 Å². The largest absolute Gasteiger partial charge is 0.320 e. The van der Waals surface area contributed by atoms with Gasteiger partial charge in [0.15, 0.2) is 0 Å². The van der Waals surface area contributed by atoms with Crippen LogP contribution in [0, 0.1) is 11.8 Å². The number of hydrogen-bond donors (Lipinski definition) is 2. The first-order chi connectivity index (χ1) is 10.5. The lowest BCUT2D eigenvalue weighted by Crippen LogP contribution is -2.48. The second kappa shape index (κ2) is 9.36. The van der Waals surface area contributed by atoms with Crippen LogP contribution in [-0.2, 0) is 16.0 Å². The molecule has 0 fully saturated rings. The van der Waals surface area contributed by atoms with E-state index in [-0.39, 0.29) is 23.7 Å². The van der Waals surface area contributed by atoms with E-state index in [4.69, 9.17) is 5.73 Å². The Balaban J connectivity index is 2.70. The van der Waals surface area contributed by atoms with Gasteiger partial charge in [-0.05, 0) is 24.3 Å². The maximum Gasteiger partial charge on any atom is 0.243 e. The van der Waals surface area contributed by atoms with Crippen LogP contribution in [0.2, 0.25) is 0 Å². The molecule has 0 bridgehead atoms. The molecule has 0 aliphatic carbocycles. The zero-order valence-electron chi connectivity index (χ0n) is 13.8. The number of carbonyl (C=O) groups is 2. The van der Waals surface area contributed by atoms with Crippen molar-refractivity contribution in [3.05, 3.63) is 35.9 Å². The van der Waals surface area contributed by atoms with Gasteiger partial charge < -0.3 is 5.73 Å². The fourth-order valence-corrected chi connectivity index (χ4v) is 2.28. The molecule has 0 spiro atoms. The molecule has 122 valence electrons. The van der Waals surface area contributed by atoms with Gasteiger partial charge in [0, 0.05) is 5.92 Å². The van der Waals surface area contributed by atoms with Crippen molar-refractivity contribution in [3.8, 4) is 0 Å². The molecule has 1 unspecified atom stereocenters. The summed E-state index contributed by atoms with van der Waals surface area (Å²) >= 11 is 0.